The predicted octanol–water partition coefficient (Wildman–Crippen LogP) is 1.47. The standard InChI is InChI=1S/C10H22N2/c1-4-11-7-8-12-9(2)5-6-10(12)3/h9-11H,4-8H2,1-3H3/t9-,10-/m1/s1. The molecule has 0 aromatic carbocycles. The van der Waals surface area contributed by atoms with Crippen LogP contribution in [0.1, 0.15) is 33.6 Å². The van der Waals surface area contributed by atoms with Crippen molar-refractivity contribution in [2.75, 3.05) is 19.6 Å². The Balaban J connectivity index is 2.20. The molecule has 0 bridgehead atoms. The van der Waals surface area contributed by atoms with Crippen LogP contribution in [0.4, 0.5) is 0 Å². The largest absolute Gasteiger partial charge is 0.316 e. The van der Waals surface area contributed by atoms with Gasteiger partial charge in [0.2, 0.25) is 0 Å². The van der Waals surface area contributed by atoms with Crippen molar-refractivity contribution < 1.29 is 0 Å². The molecular weight excluding hydrogens is 148 g/mol. The van der Waals surface area contributed by atoms with Crippen molar-refractivity contribution in [3.05, 3.63) is 0 Å². The molecule has 0 aliphatic carbocycles. The highest BCUT2D eigenvalue weighted by Gasteiger charge is 2.25. The summed E-state index contributed by atoms with van der Waals surface area (Å²) in [6, 6.07) is 1.61. The van der Waals surface area contributed by atoms with E-state index in [4.69, 9.17) is 0 Å². The summed E-state index contributed by atoms with van der Waals surface area (Å²) >= 11 is 0. The first kappa shape index (κ1) is 10.0. The lowest BCUT2D eigenvalue weighted by atomic mass is 10.2. The van der Waals surface area contributed by atoms with Crippen LogP contribution < -0.4 is 5.32 Å². The molecule has 1 rings (SSSR count). The molecule has 0 aromatic rings. The molecule has 2 heteroatoms. The molecule has 72 valence electrons. The molecule has 1 saturated heterocycles. The lowest BCUT2D eigenvalue weighted by Crippen LogP contribution is -2.38. The second-order valence-electron chi connectivity index (χ2n) is 3.87. The fourth-order valence-corrected chi connectivity index (χ4v) is 2.07. The number of rotatable bonds is 4. The second kappa shape index (κ2) is 4.83. The van der Waals surface area contributed by atoms with Crippen LogP contribution in [0.5, 0.6) is 0 Å². The van der Waals surface area contributed by atoms with Crippen LogP contribution in [0.2, 0.25) is 0 Å². The van der Waals surface area contributed by atoms with Crippen LogP contribution in [0.3, 0.4) is 0 Å². The maximum absolute atomic E-state index is 3.37. The normalized spacial score (nSPS) is 31.2. The van der Waals surface area contributed by atoms with Crippen LogP contribution >= 0.6 is 0 Å². The Morgan fingerprint density at radius 2 is 1.83 bits per heavy atom. The third kappa shape index (κ3) is 2.46. The fourth-order valence-electron chi connectivity index (χ4n) is 2.07. The topological polar surface area (TPSA) is 15.3 Å². The minimum Gasteiger partial charge on any atom is -0.316 e. The average Bonchev–Trinajstić information content (AvgIpc) is 2.35. The van der Waals surface area contributed by atoms with Crippen molar-refractivity contribution in [3.8, 4) is 0 Å². The Morgan fingerprint density at radius 1 is 1.25 bits per heavy atom. The summed E-state index contributed by atoms with van der Waals surface area (Å²) in [4.78, 5) is 2.61. The van der Waals surface area contributed by atoms with E-state index in [-0.39, 0.29) is 0 Å². The molecule has 0 spiro atoms. The molecule has 1 fully saturated rings. The Bertz CT molecular complexity index is 115. The van der Waals surface area contributed by atoms with Gasteiger partial charge in [-0.25, -0.2) is 0 Å². The van der Waals surface area contributed by atoms with Crippen LogP contribution in [0.25, 0.3) is 0 Å². The van der Waals surface area contributed by atoms with Crippen molar-refractivity contribution in [1.82, 2.24) is 10.2 Å². The van der Waals surface area contributed by atoms with Gasteiger partial charge < -0.3 is 5.32 Å². The zero-order chi connectivity index (χ0) is 8.97. The third-order valence-electron chi connectivity index (χ3n) is 2.93. The van der Waals surface area contributed by atoms with E-state index in [9.17, 15) is 0 Å². The Morgan fingerprint density at radius 3 is 2.33 bits per heavy atom. The molecule has 1 aliphatic heterocycles. The molecule has 12 heavy (non-hydrogen) atoms. The third-order valence-corrected chi connectivity index (χ3v) is 2.93. The molecule has 0 radical (unpaired) electrons. The first-order valence-corrected chi connectivity index (χ1v) is 5.22. The molecule has 2 atom stereocenters. The number of nitrogens with zero attached hydrogens (tertiary/aromatic N) is 1. The zero-order valence-electron chi connectivity index (χ0n) is 8.64. The van der Waals surface area contributed by atoms with Gasteiger partial charge in [0, 0.05) is 25.2 Å². The summed E-state index contributed by atoms with van der Waals surface area (Å²) in [5.41, 5.74) is 0. The van der Waals surface area contributed by atoms with Gasteiger partial charge in [0.15, 0.2) is 0 Å². The van der Waals surface area contributed by atoms with Crippen molar-refractivity contribution in [2.24, 2.45) is 0 Å². The summed E-state index contributed by atoms with van der Waals surface area (Å²) in [7, 11) is 0. The van der Waals surface area contributed by atoms with Gasteiger partial charge in [-0.1, -0.05) is 6.92 Å². The van der Waals surface area contributed by atoms with E-state index in [1.54, 1.807) is 0 Å². The van der Waals surface area contributed by atoms with Gasteiger partial charge in [-0.2, -0.15) is 0 Å². The number of nitrogens with one attached hydrogen (secondary N) is 1. The quantitative estimate of drug-likeness (QED) is 0.643. The van der Waals surface area contributed by atoms with E-state index in [0.29, 0.717) is 0 Å². The van der Waals surface area contributed by atoms with E-state index >= 15 is 0 Å². The molecule has 1 aliphatic rings. The second-order valence-corrected chi connectivity index (χ2v) is 3.87. The highest BCUT2D eigenvalue weighted by Crippen LogP contribution is 2.22. The van der Waals surface area contributed by atoms with Crippen LogP contribution in [-0.4, -0.2) is 36.6 Å². The summed E-state index contributed by atoms with van der Waals surface area (Å²) in [5, 5.41) is 3.37. The molecule has 1 heterocycles. The van der Waals surface area contributed by atoms with E-state index < -0.39 is 0 Å². The SMILES string of the molecule is CCNCCN1[C@H](C)CC[C@H]1C. The molecule has 1 N–H and O–H groups in total. The van der Waals surface area contributed by atoms with Crippen LogP contribution in [-0.2, 0) is 0 Å². The highest BCUT2D eigenvalue weighted by molar-refractivity contribution is 4.82. The van der Waals surface area contributed by atoms with Gasteiger partial charge in [-0.05, 0) is 33.2 Å². The van der Waals surface area contributed by atoms with Crippen molar-refractivity contribution in [1.29, 1.82) is 0 Å². The smallest absolute Gasteiger partial charge is 0.0112 e. The number of likely N-dealkylation sites (tertiary alicyclic amines) is 1. The first-order valence-electron chi connectivity index (χ1n) is 5.22. The van der Waals surface area contributed by atoms with Crippen molar-refractivity contribution >= 4 is 0 Å². The minimum absolute atomic E-state index is 0.804. The monoisotopic (exact) mass is 170 g/mol. The molecule has 0 amide bonds. The van der Waals surface area contributed by atoms with E-state index in [0.717, 1.165) is 25.2 Å². The Kier molecular flexibility index (Phi) is 4.02. The molecule has 0 unspecified atom stereocenters. The van der Waals surface area contributed by atoms with Gasteiger partial charge in [-0.3, -0.25) is 4.90 Å². The van der Waals surface area contributed by atoms with Gasteiger partial charge in [-0.15, -0.1) is 0 Å². The van der Waals surface area contributed by atoms with E-state index in [1.165, 1.54) is 19.4 Å². The van der Waals surface area contributed by atoms with Crippen molar-refractivity contribution in [3.63, 3.8) is 0 Å². The fraction of sp³-hybridized carbons (Fsp3) is 1.00. The number of hydrogen-bond donors (Lipinski definition) is 1. The predicted molar refractivity (Wildman–Crippen MR) is 53.4 cm³/mol. The first-order chi connectivity index (χ1) is 5.75. The Hall–Kier alpha value is -0.0800. The van der Waals surface area contributed by atoms with Gasteiger partial charge in [0.25, 0.3) is 0 Å². The average molecular weight is 170 g/mol. The molecular formula is C10H22N2. The Labute approximate surface area is 76.3 Å². The van der Waals surface area contributed by atoms with Gasteiger partial charge in [0.05, 0.1) is 0 Å². The maximum atomic E-state index is 3.37. The maximum Gasteiger partial charge on any atom is 0.0112 e. The summed E-state index contributed by atoms with van der Waals surface area (Å²) in [6.07, 6.45) is 2.76. The molecule has 0 aromatic heterocycles. The van der Waals surface area contributed by atoms with Gasteiger partial charge in [0.1, 0.15) is 0 Å². The highest BCUT2D eigenvalue weighted by atomic mass is 15.2. The zero-order valence-corrected chi connectivity index (χ0v) is 8.64. The summed E-state index contributed by atoms with van der Waals surface area (Å²) in [6.45, 7) is 10.3. The lowest BCUT2D eigenvalue weighted by molar-refractivity contribution is 0.215. The van der Waals surface area contributed by atoms with Crippen LogP contribution in [0, 0.1) is 0 Å². The van der Waals surface area contributed by atoms with Crippen LogP contribution in [0.15, 0.2) is 0 Å². The van der Waals surface area contributed by atoms with E-state index in [1.807, 2.05) is 0 Å². The van der Waals surface area contributed by atoms with Crippen molar-refractivity contribution in [2.45, 2.75) is 45.7 Å². The number of hydrogen-bond acceptors (Lipinski definition) is 2. The molecule has 2 nitrogen and oxygen atoms in total. The minimum atomic E-state index is 0.804. The van der Waals surface area contributed by atoms with Gasteiger partial charge >= 0.3 is 0 Å². The lowest BCUT2D eigenvalue weighted by Gasteiger charge is -2.25. The summed E-state index contributed by atoms with van der Waals surface area (Å²) in [5.74, 6) is 0. The molecule has 0 saturated carbocycles. The van der Waals surface area contributed by atoms with E-state index in [2.05, 4.69) is 31.0 Å². The summed E-state index contributed by atoms with van der Waals surface area (Å²) < 4.78 is 0. The number of likely N-dealkylation sites (N-methyl/N-ethyl adjacent to an activating group) is 1.